The van der Waals surface area contributed by atoms with Gasteiger partial charge >= 0.3 is 18.8 Å². The largest absolute Gasteiger partial charge is 0.416 e. The van der Waals surface area contributed by atoms with E-state index in [1.807, 2.05) is 5.32 Å². The monoisotopic (exact) mass is 493 g/mol. The average molecular weight is 493 g/mol. The van der Waals surface area contributed by atoms with Gasteiger partial charge in [-0.15, -0.1) is 0 Å². The van der Waals surface area contributed by atoms with E-state index in [0.717, 1.165) is 24.4 Å². The van der Waals surface area contributed by atoms with Gasteiger partial charge in [-0.1, -0.05) is 30.3 Å². The summed E-state index contributed by atoms with van der Waals surface area (Å²) in [6, 6.07) is 10.4. The molecule has 35 heavy (non-hydrogen) atoms. The molecule has 13 heteroatoms. The van der Waals surface area contributed by atoms with E-state index in [-0.39, 0.29) is 15.9 Å². The predicted octanol–water partition coefficient (Wildman–Crippen LogP) is 3.43. The first kappa shape index (κ1) is 23.9. The minimum atomic E-state index is -4.53. The van der Waals surface area contributed by atoms with Crippen LogP contribution in [0.1, 0.15) is 28.2 Å². The number of carbonyl (C=O) groups is 3. The Labute approximate surface area is 194 Å². The summed E-state index contributed by atoms with van der Waals surface area (Å²) < 4.78 is 65.7. The minimum Gasteiger partial charge on any atom is -0.349 e. The van der Waals surface area contributed by atoms with Crippen LogP contribution in [0.3, 0.4) is 0 Å². The summed E-state index contributed by atoms with van der Waals surface area (Å²) >= 11 is 0. The highest BCUT2D eigenvalue weighted by molar-refractivity contribution is 6.08. The zero-order valence-corrected chi connectivity index (χ0v) is 17.6. The first-order chi connectivity index (χ1) is 16.5. The molecule has 2 heterocycles. The molecule has 0 aliphatic carbocycles. The Morgan fingerprint density at radius 1 is 1.06 bits per heavy atom. The molecule has 2 aromatic carbocycles. The van der Waals surface area contributed by atoms with Crippen LogP contribution >= 0.6 is 0 Å². The molecular weight excluding hydrogens is 477 g/mol. The average Bonchev–Trinajstić information content (AvgIpc) is 3.42. The topological polar surface area (TPSA) is 105 Å². The second kappa shape index (κ2) is 8.81. The van der Waals surface area contributed by atoms with Gasteiger partial charge in [0.1, 0.15) is 0 Å². The SMILES string of the molecule is O=C1NC(=O)C(CNC(=O)c2ccccc2-c2ccc(C(F)(F)F)cc2)(c2ccnn2C(F)F)N1. The smallest absolute Gasteiger partial charge is 0.349 e. The van der Waals surface area contributed by atoms with Crippen LogP contribution in [0.5, 0.6) is 0 Å². The molecule has 182 valence electrons. The van der Waals surface area contributed by atoms with Gasteiger partial charge in [0, 0.05) is 11.8 Å². The van der Waals surface area contributed by atoms with Crippen molar-refractivity contribution in [3.63, 3.8) is 0 Å². The maximum Gasteiger partial charge on any atom is 0.416 e. The van der Waals surface area contributed by atoms with Crippen LogP contribution in [-0.4, -0.2) is 34.2 Å². The van der Waals surface area contributed by atoms with Crippen molar-refractivity contribution >= 4 is 17.8 Å². The highest BCUT2D eigenvalue weighted by Gasteiger charge is 2.51. The first-order valence-electron chi connectivity index (χ1n) is 10.0. The number of hydrogen-bond acceptors (Lipinski definition) is 4. The molecule has 8 nitrogen and oxygen atoms in total. The van der Waals surface area contributed by atoms with Crippen LogP contribution < -0.4 is 16.0 Å². The van der Waals surface area contributed by atoms with Crippen molar-refractivity contribution in [1.82, 2.24) is 25.7 Å². The Bertz CT molecular complexity index is 1290. The summed E-state index contributed by atoms with van der Waals surface area (Å²) in [6.07, 6.45) is -3.51. The van der Waals surface area contributed by atoms with Gasteiger partial charge in [-0.25, -0.2) is 9.48 Å². The molecule has 0 bridgehead atoms. The van der Waals surface area contributed by atoms with Crippen molar-refractivity contribution in [2.75, 3.05) is 6.54 Å². The molecule has 1 fully saturated rings. The molecule has 0 spiro atoms. The molecule has 1 aromatic heterocycles. The number of alkyl halides is 5. The van der Waals surface area contributed by atoms with Gasteiger partial charge in [-0.05, 0) is 35.4 Å². The van der Waals surface area contributed by atoms with E-state index in [0.29, 0.717) is 11.1 Å². The van der Waals surface area contributed by atoms with Crippen molar-refractivity contribution in [3.05, 3.63) is 77.6 Å². The number of urea groups is 1. The van der Waals surface area contributed by atoms with Crippen molar-refractivity contribution < 1.29 is 36.3 Å². The van der Waals surface area contributed by atoms with E-state index in [2.05, 4.69) is 15.7 Å². The summed E-state index contributed by atoms with van der Waals surface area (Å²) in [5.74, 6) is -1.72. The first-order valence-corrected chi connectivity index (χ1v) is 10.0. The Balaban J connectivity index is 1.63. The minimum absolute atomic E-state index is 0.0505. The third-order valence-electron chi connectivity index (χ3n) is 5.44. The van der Waals surface area contributed by atoms with Crippen LogP contribution in [0.15, 0.2) is 60.8 Å². The quantitative estimate of drug-likeness (QED) is 0.362. The number of halogens is 5. The number of amides is 4. The molecule has 1 aliphatic heterocycles. The Morgan fingerprint density at radius 2 is 1.74 bits per heavy atom. The molecule has 1 unspecified atom stereocenters. The lowest BCUT2D eigenvalue weighted by Crippen LogP contribution is -2.53. The van der Waals surface area contributed by atoms with Crippen molar-refractivity contribution in [1.29, 1.82) is 0 Å². The van der Waals surface area contributed by atoms with E-state index >= 15 is 0 Å². The Hall–Kier alpha value is -4.29. The molecule has 3 aromatic rings. The second-order valence-corrected chi connectivity index (χ2v) is 7.56. The van der Waals surface area contributed by atoms with Crippen LogP contribution in [0, 0.1) is 0 Å². The standard InChI is InChI=1S/C22H16F5N5O3/c23-19(24)32-16(9-10-29-32)21(18(34)30-20(35)31-21)11-28-17(33)15-4-2-1-3-14(15)12-5-7-13(8-6-12)22(25,26)27/h1-10,19H,11H2,(H,28,33)(H2,30,31,34,35). The van der Waals surface area contributed by atoms with Crippen LogP contribution in [0.25, 0.3) is 11.1 Å². The number of hydrogen-bond donors (Lipinski definition) is 3. The van der Waals surface area contributed by atoms with Crippen LogP contribution in [-0.2, 0) is 16.5 Å². The normalized spacial score (nSPS) is 17.9. The third-order valence-corrected chi connectivity index (χ3v) is 5.44. The zero-order chi connectivity index (χ0) is 25.4. The number of aromatic nitrogens is 2. The molecule has 1 saturated heterocycles. The molecular formula is C22H16F5N5O3. The maximum absolute atomic E-state index is 13.4. The number of imide groups is 1. The molecule has 1 atom stereocenters. The molecule has 4 amide bonds. The Kier molecular flexibility index (Phi) is 6.01. The fraction of sp³-hybridized carbons (Fsp3) is 0.182. The zero-order valence-electron chi connectivity index (χ0n) is 17.6. The lowest BCUT2D eigenvalue weighted by Gasteiger charge is -2.27. The second-order valence-electron chi connectivity index (χ2n) is 7.56. The van der Waals surface area contributed by atoms with Crippen molar-refractivity contribution in [2.24, 2.45) is 0 Å². The van der Waals surface area contributed by atoms with Crippen molar-refractivity contribution in [3.8, 4) is 11.1 Å². The van der Waals surface area contributed by atoms with Gasteiger partial charge in [0.05, 0.1) is 17.8 Å². The fourth-order valence-electron chi connectivity index (χ4n) is 3.77. The van der Waals surface area contributed by atoms with E-state index < -0.39 is 48.2 Å². The van der Waals surface area contributed by atoms with E-state index in [1.165, 1.54) is 30.3 Å². The van der Waals surface area contributed by atoms with Crippen LogP contribution in [0.2, 0.25) is 0 Å². The lowest BCUT2D eigenvalue weighted by atomic mass is 9.94. The summed E-state index contributed by atoms with van der Waals surface area (Å²) in [5, 5.41) is 10.2. The highest BCUT2D eigenvalue weighted by Crippen LogP contribution is 2.32. The van der Waals surface area contributed by atoms with Gasteiger partial charge in [-0.3, -0.25) is 14.9 Å². The van der Waals surface area contributed by atoms with Gasteiger partial charge in [0.15, 0.2) is 5.54 Å². The van der Waals surface area contributed by atoms with Gasteiger partial charge < -0.3 is 10.6 Å². The van der Waals surface area contributed by atoms with Gasteiger partial charge in [0.25, 0.3) is 11.8 Å². The van der Waals surface area contributed by atoms with Gasteiger partial charge in [-0.2, -0.15) is 27.1 Å². The third kappa shape index (κ3) is 4.44. The highest BCUT2D eigenvalue weighted by atomic mass is 19.4. The Morgan fingerprint density at radius 3 is 2.34 bits per heavy atom. The van der Waals surface area contributed by atoms with E-state index in [1.54, 1.807) is 6.07 Å². The molecule has 0 saturated carbocycles. The molecule has 3 N–H and O–H groups in total. The predicted molar refractivity (Wildman–Crippen MR) is 111 cm³/mol. The molecule has 4 rings (SSSR count). The van der Waals surface area contributed by atoms with Gasteiger partial charge in [0.2, 0.25) is 0 Å². The number of nitrogens with one attached hydrogen (secondary N) is 3. The summed E-state index contributed by atoms with van der Waals surface area (Å²) in [6.45, 7) is -3.73. The number of carbonyl (C=O) groups excluding carboxylic acids is 3. The molecule has 0 radical (unpaired) electrons. The summed E-state index contributed by atoms with van der Waals surface area (Å²) in [4.78, 5) is 37.5. The number of rotatable bonds is 6. The van der Waals surface area contributed by atoms with Crippen molar-refractivity contribution in [2.45, 2.75) is 18.3 Å². The maximum atomic E-state index is 13.4. The number of nitrogens with zero attached hydrogens (tertiary/aromatic N) is 2. The summed E-state index contributed by atoms with van der Waals surface area (Å²) in [7, 11) is 0. The van der Waals surface area contributed by atoms with Crippen LogP contribution in [0.4, 0.5) is 26.7 Å². The molecule has 1 aliphatic rings. The summed E-state index contributed by atoms with van der Waals surface area (Å²) in [5.41, 5.74) is -2.61. The van der Waals surface area contributed by atoms with E-state index in [9.17, 15) is 36.3 Å². The van der Waals surface area contributed by atoms with E-state index in [4.69, 9.17) is 0 Å². The number of benzene rings is 2. The lowest BCUT2D eigenvalue weighted by molar-refractivity contribution is -0.137. The fourth-order valence-corrected chi connectivity index (χ4v) is 3.77.